The minimum Gasteiger partial charge on any atom is -0.460 e. The molecule has 1 aromatic heterocycles. The van der Waals surface area contributed by atoms with E-state index in [1.807, 2.05) is 32.9 Å². The fourth-order valence-corrected chi connectivity index (χ4v) is 4.75. The van der Waals surface area contributed by atoms with Crippen LogP contribution in [0.15, 0.2) is 42.5 Å². The van der Waals surface area contributed by atoms with E-state index >= 15 is 0 Å². The summed E-state index contributed by atoms with van der Waals surface area (Å²) in [5.74, 6) is -0.685. The molecule has 1 atom stereocenters. The topological polar surface area (TPSA) is 34.5 Å². The molecule has 0 radical (unpaired) electrons. The number of hydrogen-bond donors (Lipinski definition) is 0. The van der Waals surface area contributed by atoms with Crippen LogP contribution in [0.4, 0.5) is 4.39 Å². The highest BCUT2D eigenvalue weighted by Crippen LogP contribution is 2.35. The number of esters is 1. The third kappa shape index (κ3) is 5.00. The summed E-state index contributed by atoms with van der Waals surface area (Å²) in [7, 11) is 2.12. The van der Waals surface area contributed by atoms with Crippen LogP contribution in [-0.4, -0.2) is 34.6 Å². The highest BCUT2D eigenvalue weighted by molar-refractivity contribution is 6.31. The van der Waals surface area contributed by atoms with Gasteiger partial charge in [-0.3, -0.25) is 4.79 Å². The first-order chi connectivity index (χ1) is 15.1. The van der Waals surface area contributed by atoms with Crippen LogP contribution in [0.5, 0.6) is 0 Å². The molecular formula is C26H30ClFN2O2. The van der Waals surface area contributed by atoms with Crippen molar-refractivity contribution >= 4 is 28.5 Å². The second kappa shape index (κ2) is 8.87. The predicted octanol–water partition coefficient (Wildman–Crippen LogP) is 5.94. The summed E-state index contributed by atoms with van der Waals surface area (Å²) in [6.07, 6.45) is 1.18. The number of nitrogens with zero attached hydrogens (tertiary/aromatic N) is 2. The zero-order valence-corrected chi connectivity index (χ0v) is 19.9. The van der Waals surface area contributed by atoms with Gasteiger partial charge in [-0.25, -0.2) is 4.39 Å². The normalized spacial score (nSPS) is 15.6. The molecule has 0 amide bonds. The van der Waals surface area contributed by atoms with Crippen LogP contribution in [-0.2, 0) is 29.0 Å². The number of benzene rings is 2. The Morgan fingerprint density at radius 1 is 1.19 bits per heavy atom. The first-order valence-electron chi connectivity index (χ1n) is 11.1. The lowest BCUT2D eigenvalue weighted by Crippen LogP contribution is -2.29. The molecule has 4 rings (SSSR count). The average molecular weight is 457 g/mol. The molecule has 1 aliphatic heterocycles. The molecule has 1 unspecified atom stereocenters. The number of ether oxygens (including phenoxy) is 1. The third-order valence-electron chi connectivity index (χ3n) is 5.99. The maximum atomic E-state index is 13.6. The third-order valence-corrected chi connectivity index (χ3v) is 6.22. The van der Waals surface area contributed by atoms with E-state index in [9.17, 15) is 9.18 Å². The zero-order chi connectivity index (χ0) is 23.0. The van der Waals surface area contributed by atoms with Crippen LogP contribution in [0.1, 0.15) is 49.9 Å². The van der Waals surface area contributed by atoms with Gasteiger partial charge in [0.05, 0.1) is 6.42 Å². The van der Waals surface area contributed by atoms with Gasteiger partial charge >= 0.3 is 5.97 Å². The highest BCUT2D eigenvalue weighted by Gasteiger charge is 2.27. The zero-order valence-electron chi connectivity index (χ0n) is 19.1. The Morgan fingerprint density at radius 2 is 1.91 bits per heavy atom. The summed E-state index contributed by atoms with van der Waals surface area (Å²) in [5, 5.41) is 1.90. The van der Waals surface area contributed by atoms with Crippen molar-refractivity contribution < 1.29 is 13.9 Å². The van der Waals surface area contributed by atoms with Crippen LogP contribution >= 0.6 is 11.6 Å². The van der Waals surface area contributed by atoms with Crippen molar-refractivity contribution in [2.24, 2.45) is 0 Å². The van der Waals surface area contributed by atoms with Gasteiger partial charge in [-0.05, 0) is 75.7 Å². The lowest BCUT2D eigenvalue weighted by Gasteiger charge is -2.27. The van der Waals surface area contributed by atoms with Crippen molar-refractivity contribution in [3.8, 4) is 0 Å². The second-order valence-electron chi connectivity index (χ2n) is 9.72. The minimum atomic E-state index is -0.552. The monoisotopic (exact) mass is 456 g/mol. The van der Waals surface area contributed by atoms with Gasteiger partial charge in [0.1, 0.15) is 11.4 Å². The maximum absolute atomic E-state index is 13.6. The standard InChI is InChI=1S/C26H30ClFN2O2/c1-26(2,3)32-25(31)13-18(17-5-8-20(28)9-6-17)15-30-23-10-7-19(27)14-22(23)21-11-12-29(4)16-24(21)30/h5-10,14,18H,11-13,15-16H2,1-4H3. The lowest BCUT2D eigenvalue weighted by molar-refractivity contribution is -0.155. The summed E-state index contributed by atoms with van der Waals surface area (Å²) >= 11 is 6.33. The van der Waals surface area contributed by atoms with Crippen LogP contribution in [0.2, 0.25) is 5.02 Å². The molecule has 0 saturated heterocycles. The highest BCUT2D eigenvalue weighted by atomic mass is 35.5. The SMILES string of the molecule is CN1CCc2c(n(CC(CC(=O)OC(C)(C)C)c3ccc(F)cc3)c3ccc(Cl)cc23)C1. The molecule has 0 bridgehead atoms. The van der Waals surface area contributed by atoms with Gasteiger partial charge in [-0.2, -0.15) is 0 Å². The molecule has 0 saturated carbocycles. The van der Waals surface area contributed by atoms with Crippen molar-refractivity contribution in [3.05, 3.63) is 70.1 Å². The Labute approximate surface area is 193 Å². The number of carbonyl (C=O) groups is 1. The summed E-state index contributed by atoms with van der Waals surface area (Å²) in [6, 6.07) is 12.5. The Balaban J connectivity index is 1.75. The number of rotatable bonds is 5. The smallest absolute Gasteiger partial charge is 0.306 e. The van der Waals surface area contributed by atoms with E-state index < -0.39 is 5.60 Å². The molecule has 2 heterocycles. The van der Waals surface area contributed by atoms with Gasteiger partial charge in [-0.1, -0.05) is 23.7 Å². The summed E-state index contributed by atoms with van der Waals surface area (Å²) in [6.45, 7) is 8.04. The number of likely N-dealkylation sites (N-methyl/N-ethyl adjacent to an activating group) is 1. The number of aromatic nitrogens is 1. The van der Waals surface area contributed by atoms with Crippen molar-refractivity contribution in [2.75, 3.05) is 13.6 Å². The summed E-state index contributed by atoms with van der Waals surface area (Å²) in [4.78, 5) is 15.1. The molecule has 1 aliphatic rings. The minimum absolute atomic E-state index is 0.145. The van der Waals surface area contributed by atoms with Gasteiger partial charge < -0.3 is 14.2 Å². The summed E-state index contributed by atoms with van der Waals surface area (Å²) in [5.41, 5.74) is 4.07. The van der Waals surface area contributed by atoms with E-state index in [2.05, 4.69) is 22.6 Å². The maximum Gasteiger partial charge on any atom is 0.306 e. The number of halogens is 2. The largest absolute Gasteiger partial charge is 0.460 e. The lowest BCUT2D eigenvalue weighted by atomic mass is 9.95. The van der Waals surface area contributed by atoms with Gasteiger partial charge in [0.25, 0.3) is 0 Å². The molecule has 0 aliphatic carbocycles. The van der Waals surface area contributed by atoms with Crippen LogP contribution in [0, 0.1) is 5.82 Å². The van der Waals surface area contributed by atoms with Crippen molar-refractivity contribution in [1.29, 1.82) is 0 Å². The van der Waals surface area contributed by atoms with E-state index in [1.165, 1.54) is 28.8 Å². The van der Waals surface area contributed by atoms with Gasteiger partial charge in [0, 0.05) is 47.2 Å². The van der Waals surface area contributed by atoms with E-state index in [4.69, 9.17) is 16.3 Å². The van der Waals surface area contributed by atoms with E-state index in [-0.39, 0.29) is 24.1 Å². The Kier molecular flexibility index (Phi) is 6.33. The average Bonchev–Trinajstić information content (AvgIpc) is 2.98. The molecule has 0 spiro atoms. The fraction of sp³-hybridized carbons (Fsp3) is 0.423. The van der Waals surface area contributed by atoms with Crippen molar-refractivity contribution in [3.63, 3.8) is 0 Å². The number of carbonyl (C=O) groups excluding carboxylic acids is 1. The predicted molar refractivity (Wildman–Crippen MR) is 127 cm³/mol. The van der Waals surface area contributed by atoms with E-state index in [1.54, 1.807) is 12.1 Å². The van der Waals surface area contributed by atoms with Crippen molar-refractivity contribution in [2.45, 2.75) is 58.2 Å². The molecule has 3 aromatic rings. The molecule has 170 valence electrons. The second-order valence-corrected chi connectivity index (χ2v) is 10.2. The van der Waals surface area contributed by atoms with Crippen molar-refractivity contribution in [1.82, 2.24) is 9.47 Å². The fourth-order valence-electron chi connectivity index (χ4n) is 4.58. The first-order valence-corrected chi connectivity index (χ1v) is 11.4. The summed E-state index contributed by atoms with van der Waals surface area (Å²) < 4.78 is 21.5. The van der Waals surface area contributed by atoms with E-state index in [0.717, 1.165) is 35.6 Å². The van der Waals surface area contributed by atoms with Gasteiger partial charge in [0.2, 0.25) is 0 Å². The van der Waals surface area contributed by atoms with E-state index in [0.29, 0.717) is 6.54 Å². The van der Waals surface area contributed by atoms with Gasteiger partial charge in [0.15, 0.2) is 0 Å². The van der Waals surface area contributed by atoms with Gasteiger partial charge in [-0.15, -0.1) is 0 Å². The molecular weight excluding hydrogens is 427 g/mol. The quantitative estimate of drug-likeness (QED) is 0.446. The number of hydrogen-bond acceptors (Lipinski definition) is 3. The van der Waals surface area contributed by atoms with Crippen LogP contribution < -0.4 is 0 Å². The molecule has 0 fully saturated rings. The Morgan fingerprint density at radius 3 is 2.59 bits per heavy atom. The molecule has 0 N–H and O–H groups in total. The molecule has 32 heavy (non-hydrogen) atoms. The first kappa shape index (κ1) is 22.8. The Hall–Kier alpha value is -2.37. The van der Waals surface area contributed by atoms with Crippen LogP contribution in [0.3, 0.4) is 0 Å². The number of fused-ring (bicyclic) bond motifs is 3. The molecule has 6 heteroatoms. The Bertz CT molecular complexity index is 1130. The molecule has 4 nitrogen and oxygen atoms in total. The van der Waals surface area contributed by atoms with Crippen LogP contribution in [0.25, 0.3) is 10.9 Å². The molecule has 2 aromatic carbocycles.